The van der Waals surface area contributed by atoms with Crippen molar-refractivity contribution in [2.75, 3.05) is 13.7 Å². The fourth-order valence-electron chi connectivity index (χ4n) is 8.27. The van der Waals surface area contributed by atoms with Gasteiger partial charge >= 0.3 is 11.5 Å². The molecule has 2 aliphatic carbocycles. The largest absolute Gasteiger partial charge is 0.494 e. The van der Waals surface area contributed by atoms with Gasteiger partial charge in [-0.05, 0) is 77.0 Å². The van der Waals surface area contributed by atoms with Crippen molar-refractivity contribution in [3.05, 3.63) is 40.5 Å². The number of aromatic nitrogens is 2. The van der Waals surface area contributed by atoms with E-state index in [0.29, 0.717) is 32.1 Å². The summed E-state index contributed by atoms with van der Waals surface area (Å²) in [4.78, 5) is 78.1. The van der Waals surface area contributed by atoms with E-state index in [1.807, 2.05) is 19.1 Å². The van der Waals surface area contributed by atoms with Crippen molar-refractivity contribution in [3.8, 4) is 11.6 Å². The number of benzene rings is 1. The van der Waals surface area contributed by atoms with Gasteiger partial charge in [-0.3, -0.25) is 28.7 Å². The first-order chi connectivity index (χ1) is 26.3. The summed E-state index contributed by atoms with van der Waals surface area (Å²) in [5, 5.41) is -0.642. The molecule has 0 radical (unpaired) electrons. The molecule has 2 N–H and O–H groups in total. The molecule has 1 aromatic carbocycles. The van der Waals surface area contributed by atoms with Crippen molar-refractivity contribution in [1.82, 2.24) is 19.6 Å². The molecule has 2 aromatic rings. The Hall–Kier alpha value is -4.34. The average molecular weight is 801 g/mol. The zero-order valence-electron chi connectivity index (χ0n) is 32.9. The van der Waals surface area contributed by atoms with Gasteiger partial charge in [-0.2, -0.15) is 0 Å². The molecule has 1 aromatic heterocycles. The number of amides is 2. The number of ether oxygens (including phenoxy) is 3. The van der Waals surface area contributed by atoms with Gasteiger partial charge in [0.15, 0.2) is 17.3 Å². The van der Waals surface area contributed by atoms with Crippen molar-refractivity contribution in [1.29, 1.82) is 0 Å². The molecule has 3 heterocycles. The minimum atomic E-state index is -3.91. The smallest absolute Gasteiger partial charge is 0.311 e. The third-order valence-electron chi connectivity index (χ3n) is 11.5. The summed E-state index contributed by atoms with van der Waals surface area (Å²) in [5.74, 6) is -4.69. The predicted molar refractivity (Wildman–Crippen MR) is 204 cm³/mol. The number of esters is 1. The lowest BCUT2D eigenvalue weighted by Crippen LogP contribution is -2.48. The van der Waals surface area contributed by atoms with Gasteiger partial charge in [-0.25, -0.2) is 17.8 Å². The summed E-state index contributed by atoms with van der Waals surface area (Å²) in [6.45, 7) is 9.14. The molecule has 16 heteroatoms. The molecule has 56 heavy (non-hydrogen) atoms. The average Bonchev–Trinajstić information content (AvgIpc) is 4.04. The Kier molecular flexibility index (Phi) is 11.7. The first-order valence-corrected chi connectivity index (χ1v) is 21.1. The van der Waals surface area contributed by atoms with E-state index in [9.17, 15) is 36.8 Å². The van der Waals surface area contributed by atoms with Gasteiger partial charge in [0.25, 0.3) is 5.88 Å². The van der Waals surface area contributed by atoms with Crippen LogP contribution in [0.4, 0.5) is 4.39 Å². The van der Waals surface area contributed by atoms with Gasteiger partial charge in [0.1, 0.15) is 11.7 Å². The molecule has 2 aliphatic heterocycles. The van der Waals surface area contributed by atoms with Crippen LogP contribution in [0.15, 0.2) is 29.1 Å². The maximum Gasteiger partial charge on any atom is 0.311 e. The standard InChI is InChI=1S/C40H53FN4O10S/c1-7-23-14-22(2)10-8-9-11-24-19-40(24,38(50)44-56(51,52)26-12-13-26)20-32(46)31-15-25(21-45(31)37(49)27(23)16-34(47)55-39(3,4)5)54-36-35(48)42-29-17-28(41)33(53-6)18-30(29)43-36/h9,11,17-18,22-27,31H,7-8,10,12-16,19-21H2,1-6H3,(H,42,48)(H,44,50)/b11-9-/t22-,23-,24-,25-,27+,31+,40-/m1/s1. The lowest BCUT2D eigenvalue weighted by molar-refractivity contribution is -0.160. The number of aromatic amines is 1. The normalized spacial score (nSPS) is 29.4. The molecule has 2 amide bonds. The molecule has 0 bridgehead atoms. The minimum absolute atomic E-state index is 0.0681. The maximum atomic E-state index is 14.9. The van der Waals surface area contributed by atoms with E-state index in [4.69, 9.17) is 14.2 Å². The Labute approximate surface area is 326 Å². The lowest BCUT2D eigenvalue weighted by atomic mass is 9.79. The first-order valence-electron chi connectivity index (χ1n) is 19.6. The maximum absolute atomic E-state index is 14.9. The zero-order valence-corrected chi connectivity index (χ0v) is 33.7. The number of hydrogen-bond acceptors (Lipinski definition) is 11. The van der Waals surface area contributed by atoms with E-state index in [1.165, 1.54) is 18.1 Å². The number of fused-ring (bicyclic) bond motifs is 3. The number of ketones is 1. The highest BCUT2D eigenvalue weighted by Crippen LogP contribution is 2.57. The summed E-state index contributed by atoms with van der Waals surface area (Å²) >= 11 is 0. The first kappa shape index (κ1) is 41.3. The number of nitrogens with one attached hydrogen (secondary N) is 2. The van der Waals surface area contributed by atoms with Crippen molar-refractivity contribution < 1.29 is 46.2 Å². The number of halogens is 1. The number of Topliss-reactive ketones (excluding diaryl/α,β-unsaturated/α-hetero) is 1. The highest BCUT2D eigenvalue weighted by atomic mass is 32.2. The Bertz CT molecular complexity index is 2080. The summed E-state index contributed by atoms with van der Waals surface area (Å²) in [7, 11) is -2.61. The number of hydrogen-bond donors (Lipinski definition) is 2. The van der Waals surface area contributed by atoms with Crippen LogP contribution in [0.5, 0.6) is 11.6 Å². The Morgan fingerprint density at radius 2 is 1.86 bits per heavy atom. The number of methoxy groups -OCH3 is 1. The van der Waals surface area contributed by atoms with Crippen LogP contribution in [-0.2, 0) is 33.9 Å². The molecule has 6 rings (SSSR count). The number of allylic oxidation sites excluding steroid dienone is 2. The molecular formula is C40H53FN4O10S. The predicted octanol–water partition coefficient (Wildman–Crippen LogP) is 4.74. The van der Waals surface area contributed by atoms with Crippen LogP contribution in [0.1, 0.15) is 98.8 Å². The number of carbonyl (C=O) groups excluding carboxylic acids is 4. The topological polar surface area (TPSA) is 191 Å². The van der Waals surface area contributed by atoms with Crippen LogP contribution in [-0.4, -0.2) is 83.5 Å². The summed E-state index contributed by atoms with van der Waals surface area (Å²) in [5.41, 5.74) is -2.60. The van der Waals surface area contributed by atoms with E-state index in [-0.39, 0.29) is 72.6 Å². The molecular weight excluding hydrogens is 748 g/mol. The number of H-pyrrole nitrogens is 1. The lowest BCUT2D eigenvalue weighted by Gasteiger charge is -2.33. The van der Waals surface area contributed by atoms with Gasteiger partial charge in [-0.15, -0.1) is 0 Å². The second kappa shape index (κ2) is 15.9. The Morgan fingerprint density at radius 3 is 2.52 bits per heavy atom. The Morgan fingerprint density at radius 1 is 1.12 bits per heavy atom. The highest BCUT2D eigenvalue weighted by Gasteiger charge is 2.61. The second-order valence-electron chi connectivity index (χ2n) is 17.1. The fraction of sp³-hybridized carbons (Fsp3) is 0.650. The van der Waals surface area contributed by atoms with E-state index in [0.717, 1.165) is 12.5 Å². The van der Waals surface area contributed by atoms with Gasteiger partial charge in [-0.1, -0.05) is 32.4 Å². The second-order valence-corrected chi connectivity index (χ2v) is 19.0. The Balaban J connectivity index is 1.36. The molecule has 3 fully saturated rings. The number of carbonyl (C=O) groups is 4. The highest BCUT2D eigenvalue weighted by molar-refractivity contribution is 7.90. The van der Waals surface area contributed by atoms with Crippen molar-refractivity contribution >= 4 is 44.6 Å². The van der Waals surface area contributed by atoms with Crippen LogP contribution >= 0.6 is 0 Å². The number of nitrogens with zero attached hydrogens (tertiary/aromatic N) is 2. The molecule has 0 unspecified atom stereocenters. The molecule has 4 aliphatic rings. The van der Waals surface area contributed by atoms with E-state index >= 15 is 0 Å². The van der Waals surface area contributed by atoms with Crippen LogP contribution in [0.2, 0.25) is 0 Å². The molecule has 1 saturated heterocycles. The minimum Gasteiger partial charge on any atom is -0.494 e. The monoisotopic (exact) mass is 800 g/mol. The van der Waals surface area contributed by atoms with Crippen LogP contribution in [0.25, 0.3) is 11.0 Å². The van der Waals surface area contributed by atoms with E-state index in [2.05, 4.69) is 21.6 Å². The summed E-state index contributed by atoms with van der Waals surface area (Å²) in [6.07, 6.45) is 6.17. The third kappa shape index (κ3) is 9.10. The van der Waals surface area contributed by atoms with Crippen LogP contribution < -0.4 is 19.8 Å². The molecule has 0 spiro atoms. The van der Waals surface area contributed by atoms with Crippen molar-refractivity contribution in [2.45, 2.75) is 122 Å². The quantitative estimate of drug-likeness (QED) is 0.263. The van der Waals surface area contributed by atoms with Crippen molar-refractivity contribution in [3.63, 3.8) is 0 Å². The van der Waals surface area contributed by atoms with Crippen molar-refractivity contribution in [2.24, 2.45) is 29.1 Å². The number of rotatable bonds is 9. The molecule has 306 valence electrons. The zero-order chi connectivity index (χ0) is 40.7. The van der Waals surface area contributed by atoms with Crippen LogP contribution in [0, 0.1) is 34.9 Å². The van der Waals surface area contributed by atoms with Gasteiger partial charge in [0.2, 0.25) is 21.8 Å². The number of sulfonamides is 1. The SMILES string of the molecule is CC[C@@H]1C[C@H](C)CC/C=C\[C@@H]2C[C@@]2(C(=O)NS(=O)(=O)C2CC2)CC(=O)[C@@H]2C[C@@H](Oc3nc4cc(OC)c(F)cc4[nH]c3=O)CN2C(=O)[C@H]1CC(=O)OC(C)(C)C. The summed E-state index contributed by atoms with van der Waals surface area (Å²) < 4.78 is 59.3. The van der Waals surface area contributed by atoms with Gasteiger partial charge in [0.05, 0.1) is 53.7 Å². The molecule has 7 atom stereocenters. The van der Waals surface area contributed by atoms with Gasteiger partial charge < -0.3 is 24.1 Å². The van der Waals surface area contributed by atoms with E-state index in [1.54, 1.807) is 20.8 Å². The molecule has 2 saturated carbocycles. The van der Waals surface area contributed by atoms with Crippen LogP contribution in [0.3, 0.4) is 0 Å². The third-order valence-corrected chi connectivity index (χ3v) is 13.3. The van der Waals surface area contributed by atoms with Gasteiger partial charge in [0, 0.05) is 25.0 Å². The summed E-state index contributed by atoms with van der Waals surface area (Å²) in [6, 6.07) is 1.26. The molecule has 14 nitrogen and oxygen atoms in total. The van der Waals surface area contributed by atoms with E-state index < -0.39 is 79.3 Å². The fourth-order valence-corrected chi connectivity index (χ4v) is 9.66.